The predicted molar refractivity (Wildman–Crippen MR) is 73.2 cm³/mol. The molecule has 98 valence electrons. The van der Waals surface area contributed by atoms with E-state index in [4.69, 9.17) is 0 Å². The van der Waals surface area contributed by atoms with Crippen LogP contribution in [0.1, 0.15) is 35.7 Å². The third-order valence-electron chi connectivity index (χ3n) is 3.97. The van der Waals surface area contributed by atoms with E-state index in [1.807, 2.05) is 26.0 Å². The van der Waals surface area contributed by atoms with E-state index in [2.05, 4.69) is 11.0 Å². The molecular formula is C15H21NO2. The van der Waals surface area contributed by atoms with Crippen LogP contribution >= 0.6 is 0 Å². The van der Waals surface area contributed by atoms with E-state index in [-0.39, 0.29) is 6.10 Å². The normalized spacial score (nSPS) is 18.7. The Labute approximate surface area is 108 Å². The minimum atomic E-state index is -0.202. The number of piperidine rings is 1. The standard InChI is InChI=1S/C15H21NO2/c1-11-9-15(4-3-14(11)10-17)16-7-5-13(6-8-16)12(2)18/h3-4,9-10,12-13,18H,5-8H2,1-2H3. The molecule has 2 rings (SSSR count). The summed E-state index contributed by atoms with van der Waals surface area (Å²) in [5.74, 6) is 0.427. The zero-order chi connectivity index (χ0) is 13.1. The molecule has 1 aliphatic heterocycles. The van der Waals surface area contributed by atoms with Gasteiger partial charge in [0.05, 0.1) is 6.10 Å². The number of aliphatic hydroxyl groups excluding tert-OH is 1. The molecule has 1 aromatic rings. The molecule has 1 unspecified atom stereocenters. The molecule has 1 heterocycles. The Kier molecular flexibility index (Phi) is 4.02. The second-order valence-electron chi connectivity index (χ2n) is 5.22. The van der Waals surface area contributed by atoms with Crippen molar-refractivity contribution in [1.82, 2.24) is 0 Å². The summed E-state index contributed by atoms with van der Waals surface area (Å²) in [7, 11) is 0. The Bertz CT molecular complexity index is 421. The first kappa shape index (κ1) is 13.1. The number of aryl methyl sites for hydroxylation is 1. The van der Waals surface area contributed by atoms with E-state index >= 15 is 0 Å². The molecule has 0 bridgehead atoms. The highest BCUT2D eigenvalue weighted by atomic mass is 16.3. The van der Waals surface area contributed by atoms with Gasteiger partial charge in [-0.2, -0.15) is 0 Å². The van der Waals surface area contributed by atoms with Gasteiger partial charge < -0.3 is 10.0 Å². The van der Waals surface area contributed by atoms with Crippen LogP contribution in [0.25, 0.3) is 0 Å². The van der Waals surface area contributed by atoms with Crippen LogP contribution in [0.15, 0.2) is 18.2 Å². The quantitative estimate of drug-likeness (QED) is 0.834. The van der Waals surface area contributed by atoms with E-state index in [0.717, 1.165) is 43.3 Å². The van der Waals surface area contributed by atoms with Crippen molar-refractivity contribution in [2.24, 2.45) is 5.92 Å². The van der Waals surface area contributed by atoms with Crippen LogP contribution in [0, 0.1) is 12.8 Å². The van der Waals surface area contributed by atoms with E-state index in [1.54, 1.807) is 0 Å². The Morgan fingerprint density at radius 1 is 1.39 bits per heavy atom. The smallest absolute Gasteiger partial charge is 0.150 e. The molecule has 0 aliphatic carbocycles. The van der Waals surface area contributed by atoms with Crippen LogP contribution in [-0.2, 0) is 0 Å². The molecule has 1 saturated heterocycles. The highest BCUT2D eigenvalue weighted by molar-refractivity contribution is 5.78. The molecule has 1 aliphatic rings. The maximum absolute atomic E-state index is 10.8. The number of aldehydes is 1. The molecule has 3 heteroatoms. The summed E-state index contributed by atoms with van der Waals surface area (Å²) in [5, 5.41) is 9.59. The zero-order valence-electron chi connectivity index (χ0n) is 11.1. The average Bonchev–Trinajstić information content (AvgIpc) is 2.38. The summed E-state index contributed by atoms with van der Waals surface area (Å²) in [6.07, 6.45) is 2.77. The molecule has 1 fully saturated rings. The third kappa shape index (κ3) is 2.72. The van der Waals surface area contributed by atoms with E-state index in [1.165, 1.54) is 5.69 Å². The highest BCUT2D eigenvalue weighted by Crippen LogP contribution is 2.26. The maximum atomic E-state index is 10.8. The lowest BCUT2D eigenvalue weighted by Crippen LogP contribution is -2.37. The van der Waals surface area contributed by atoms with Gasteiger partial charge in [-0.15, -0.1) is 0 Å². The fraction of sp³-hybridized carbons (Fsp3) is 0.533. The number of carbonyl (C=O) groups excluding carboxylic acids is 1. The second-order valence-corrected chi connectivity index (χ2v) is 5.22. The Balaban J connectivity index is 2.05. The third-order valence-corrected chi connectivity index (χ3v) is 3.97. The minimum Gasteiger partial charge on any atom is -0.393 e. The number of rotatable bonds is 3. The van der Waals surface area contributed by atoms with Crippen LogP contribution in [-0.4, -0.2) is 30.6 Å². The van der Waals surface area contributed by atoms with Gasteiger partial charge in [0, 0.05) is 24.3 Å². The van der Waals surface area contributed by atoms with Crippen molar-refractivity contribution >= 4 is 12.0 Å². The molecule has 1 aromatic carbocycles. The maximum Gasteiger partial charge on any atom is 0.150 e. The predicted octanol–water partition coefficient (Wildman–Crippen LogP) is 2.40. The Hall–Kier alpha value is -1.35. The lowest BCUT2D eigenvalue weighted by atomic mass is 9.92. The SMILES string of the molecule is Cc1cc(N2CCC(C(C)O)CC2)ccc1C=O. The average molecular weight is 247 g/mol. The van der Waals surface area contributed by atoms with Gasteiger partial charge in [0.25, 0.3) is 0 Å². The minimum absolute atomic E-state index is 0.202. The largest absolute Gasteiger partial charge is 0.393 e. The summed E-state index contributed by atoms with van der Waals surface area (Å²) >= 11 is 0. The molecule has 0 amide bonds. The molecule has 1 N–H and O–H groups in total. The molecule has 0 aromatic heterocycles. The molecule has 18 heavy (non-hydrogen) atoms. The molecule has 0 radical (unpaired) electrons. The van der Waals surface area contributed by atoms with Crippen LogP contribution in [0.4, 0.5) is 5.69 Å². The van der Waals surface area contributed by atoms with Crippen molar-refractivity contribution in [2.45, 2.75) is 32.8 Å². The molecule has 1 atom stereocenters. The Morgan fingerprint density at radius 3 is 2.56 bits per heavy atom. The van der Waals surface area contributed by atoms with Gasteiger partial charge in [0.1, 0.15) is 6.29 Å². The summed E-state index contributed by atoms with van der Waals surface area (Å²) in [4.78, 5) is 13.1. The first-order valence-corrected chi connectivity index (χ1v) is 6.60. The van der Waals surface area contributed by atoms with Gasteiger partial charge in [-0.3, -0.25) is 4.79 Å². The molecule has 0 saturated carbocycles. The number of carbonyl (C=O) groups is 1. The van der Waals surface area contributed by atoms with Gasteiger partial charge in [-0.1, -0.05) is 0 Å². The second kappa shape index (κ2) is 5.53. The summed E-state index contributed by atoms with van der Waals surface area (Å²) in [5.41, 5.74) is 2.97. The van der Waals surface area contributed by atoms with Gasteiger partial charge in [-0.05, 0) is 56.4 Å². The summed E-state index contributed by atoms with van der Waals surface area (Å²) < 4.78 is 0. The number of anilines is 1. The van der Waals surface area contributed by atoms with Crippen molar-refractivity contribution in [3.8, 4) is 0 Å². The molecule has 3 nitrogen and oxygen atoms in total. The lowest BCUT2D eigenvalue weighted by Gasteiger charge is -2.35. The van der Waals surface area contributed by atoms with Crippen molar-refractivity contribution < 1.29 is 9.90 Å². The number of nitrogens with zero attached hydrogens (tertiary/aromatic N) is 1. The van der Waals surface area contributed by atoms with Gasteiger partial charge in [0.15, 0.2) is 0 Å². The zero-order valence-corrected chi connectivity index (χ0v) is 11.1. The van der Waals surface area contributed by atoms with Gasteiger partial charge in [-0.25, -0.2) is 0 Å². The van der Waals surface area contributed by atoms with Gasteiger partial charge >= 0.3 is 0 Å². The topological polar surface area (TPSA) is 40.5 Å². The molecule has 0 spiro atoms. The van der Waals surface area contributed by atoms with E-state index in [0.29, 0.717) is 5.92 Å². The number of aliphatic hydroxyl groups is 1. The monoisotopic (exact) mass is 247 g/mol. The highest BCUT2D eigenvalue weighted by Gasteiger charge is 2.22. The fourth-order valence-electron chi connectivity index (χ4n) is 2.63. The van der Waals surface area contributed by atoms with Crippen molar-refractivity contribution in [2.75, 3.05) is 18.0 Å². The van der Waals surface area contributed by atoms with Crippen molar-refractivity contribution in [3.05, 3.63) is 29.3 Å². The number of benzene rings is 1. The lowest BCUT2D eigenvalue weighted by molar-refractivity contribution is 0.109. The van der Waals surface area contributed by atoms with Crippen LogP contribution in [0.3, 0.4) is 0 Å². The van der Waals surface area contributed by atoms with Crippen LogP contribution < -0.4 is 4.90 Å². The van der Waals surface area contributed by atoms with Crippen LogP contribution in [0.2, 0.25) is 0 Å². The number of hydrogen-bond donors (Lipinski definition) is 1. The van der Waals surface area contributed by atoms with E-state index < -0.39 is 0 Å². The number of hydrogen-bond acceptors (Lipinski definition) is 3. The molecular weight excluding hydrogens is 226 g/mol. The van der Waals surface area contributed by atoms with Crippen molar-refractivity contribution in [1.29, 1.82) is 0 Å². The summed E-state index contributed by atoms with van der Waals surface area (Å²) in [6.45, 7) is 5.81. The Morgan fingerprint density at radius 2 is 2.06 bits per heavy atom. The van der Waals surface area contributed by atoms with Crippen LogP contribution in [0.5, 0.6) is 0 Å². The first-order valence-electron chi connectivity index (χ1n) is 6.60. The van der Waals surface area contributed by atoms with Gasteiger partial charge in [0.2, 0.25) is 0 Å². The van der Waals surface area contributed by atoms with Crippen molar-refractivity contribution in [3.63, 3.8) is 0 Å². The van der Waals surface area contributed by atoms with E-state index in [9.17, 15) is 9.90 Å². The fourth-order valence-corrected chi connectivity index (χ4v) is 2.63. The first-order chi connectivity index (χ1) is 8.61. The summed E-state index contributed by atoms with van der Waals surface area (Å²) in [6, 6.07) is 5.98.